The number of carbonyl (C=O) groups excluding carboxylic acids is 1. The molecular formula is C28H26N4O. The molecule has 164 valence electrons. The van der Waals surface area contributed by atoms with Crippen molar-refractivity contribution < 1.29 is 4.79 Å². The predicted molar refractivity (Wildman–Crippen MR) is 134 cm³/mol. The molecule has 0 spiro atoms. The number of benzene rings is 2. The van der Waals surface area contributed by atoms with Crippen molar-refractivity contribution in [1.82, 2.24) is 9.97 Å². The summed E-state index contributed by atoms with van der Waals surface area (Å²) in [5.41, 5.74) is 7.49. The van der Waals surface area contributed by atoms with Gasteiger partial charge < -0.3 is 15.2 Å². The number of allylic oxidation sites excluding steroid dienone is 1. The highest BCUT2D eigenvalue weighted by Crippen LogP contribution is 2.29. The van der Waals surface area contributed by atoms with E-state index in [0.29, 0.717) is 11.2 Å². The topological polar surface area (TPSA) is 61.0 Å². The molecule has 6 rings (SSSR count). The summed E-state index contributed by atoms with van der Waals surface area (Å²) in [5, 5.41) is 4.27. The maximum atomic E-state index is 13.4. The van der Waals surface area contributed by atoms with Gasteiger partial charge in [-0.2, -0.15) is 0 Å². The molecule has 5 heteroatoms. The van der Waals surface area contributed by atoms with Crippen molar-refractivity contribution in [2.75, 3.05) is 23.3 Å². The van der Waals surface area contributed by atoms with E-state index in [1.807, 2.05) is 18.2 Å². The molecule has 3 heterocycles. The van der Waals surface area contributed by atoms with Gasteiger partial charge in [-0.3, -0.25) is 4.79 Å². The number of nitrogens with zero attached hydrogens (tertiary/aromatic N) is 2. The number of aromatic nitrogens is 2. The lowest BCUT2D eigenvalue weighted by molar-refractivity contribution is 0.104. The van der Waals surface area contributed by atoms with Crippen LogP contribution < -0.4 is 10.2 Å². The van der Waals surface area contributed by atoms with E-state index in [0.717, 1.165) is 47.4 Å². The van der Waals surface area contributed by atoms with E-state index in [1.165, 1.54) is 30.5 Å². The maximum Gasteiger partial charge on any atom is 0.195 e. The molecule has 33 heavy (non-hydrogen) atoms. The number of H-pyrrole nitrogens is 1. The first-order valence-electron chi connectivity index (χ1n) is 11.7. The minimum Gasteiger partial charge on any atom is -0.372 e. The summed E-state index contributed by atoms with van der Waals surface area (Å²) in [6, 6.07) is 16.5. The summed E-state index contributed by atoms with van der Waals surface area (Å²) in [6.45, 7) is 2.27. The Morgan fingerprint density at radius 1 is 0.970 bits per heavy atom. The van der Waals surface area contributed by atoms with Crippen molar-refractivity contribution in [3.63, 3.8) is 0 Å². The zero-order valence-corrected chi connectivity index (χ0v) is 18.5. The van der Waals surface area contributed by atoms with E-state index < -0.39 is 0 Å². The monoisotopic (exact) mass is 434 g/mol. The fourth-order valence-corrected chi connectivity index (χ4v) is 4.97. The molecule has 0 bridgehead atoms. The van der Waals surface area contributed by atoms with Crippen molar-refractivity contribution in [3.05, 3.63) is 89.3 Å². The number of anilines is 3. The highest BCUT2D eigenvalue weighted by atomic mass is 16.1. The van der Waals surface area contributed by atoms with Crippen molar-refractivity contribution in [1.29, 1.82) is 0 Å². The van der Waals surface area contributed by atoms with Crippen LogP contribution in [0.2, 0.25) is 0 Å². The molecule has 1 saturated heterocycles. The molecule has 0 radical (unpaired) electrons. The van der Waals surface area contributed by atoms with E-state index in [9.17, 15) is 4.79 Å². The zero-order chi connectivity index (χ0) is 22.2. The molecular weight excluding hydrogens is 408 g/mol. The Morgan fingerprint density at radius 2 is 1.82 bits per heavy atom. The Balaban J connectivity index is 1.27. The molecule has 0 unspecified atom stereocenters. The summed E-state index contributed by atoms with van der Waals surface area (Å²) in [4.78, 5) is 23.6. The van der Waals surface area contributed by atoms with Crippen molar-refractivity contribution in [2.24, 2.45) is 0 Å². The van der Waals surface area contributed by atoms with Crippen LogP contribution in [0.4, 0.5) is 17.1 Å². The standard InChI is InChI=1S/C28H26N4O/c33-27(24-9-5-7-19-6-4-8-23(19)24)26-18-30-28-25(26)16-21(17-29-28)31-20-10-12-22(13-11-20)32-14-2-1-3-15-32/h4-5,7-13,16-18,31H,1-3,6,14-15H2,(H,29,30). The quantitative estimate of drug-likeness (QED) is 0.373. The van der Waals surface area contributed by atoms with Crippen LogP contribution in [0.15, 0.2) is 67.0 Å². The van der Waals surface area contributed by atoms with E-state index in [1.54, 1.807) is 12.4 Å². The molecule has 2 N–H and O–H groups in total. The lowest BCUT2D eigenvalue weighted by atomic mass is 9.96. The fourth-order valence-electron chi connectivity index (χ4n) is 4.97. The Labute approximate surface area is 193 Å². The molecule has 5 nitrogen and oxygen atoms in total. The Kier molecular flexibility index (Phi) is 4.95. The van der Waals surface area contributed by atoms with Gasteiger partial charge in [-0.15, -0.1) is 0 Å². The van der Waals surface area contributed by atoms with E-state index >= 15 is 0 Å². The van der Waals surface area contributed by atoms with Crippen LogP contribution in [0, 0.1) is 0 Å². The van der Waals surface area contributed by atoms with Gasteiger partial charge in [-0.05, 0) is 67.1 Å². The first kappa shape index (κ1) is 19.8. The smallest absolute Gasteiger partial charge is 0.195 e. The number of aromatic amines is 1. The minimum atomic E-state index is 0.0227. The van der Waals surface area contributed by atoms with Gasteiger partial charge in [0, 0.05) is 47.2 Å². The van der Waals surface area contributed by atoms with Crippen LogP contribution in [0.25, 0.3) is 17.1 Å². The molecule has 0 saturated carbocycles. The highest BCUT2D eigenvalue weighted by molar-refractivity contribution is 6.17. The Morgan fingerprint density at radius 3 is 2.67 bits per heavy atom. The second-order valence-electron chi connectivity index (χ2n) is 8.86. The summed E-state index contributed by atoms with van der Waals surface area (Å²) in [6.07, 6.45) is 12.5. The molecule has 1 fully saturated rings. The predicted octanol–water partition coefficient (Wildman–Crippen LogP) is 6.10. The van der Waals surface area contributed by atoms with Crippen molar-refractivity contribution in [3.8, 4) is 0 Å². The number of carbonyl (C=O) groups is 1. The average molecular weight is 435 g/mol. The van der Waals surface area contributed by atoms with Gasteiger partial charge in [0.2, 0.25) is 0 Å². The molecule has 1 aliphatic carbocycles. The number of piperidine rings is 1. The Bertz CT molecular complexity index is 1360. The Hall–Kier alpha value is -3.86. The minimum absolute atomic E-state index is 0.0227. The normalized spacial score (nSPS) is 15.1. The van der Waals surface area contributed by atoms with Crippen LogP contribution in [0.5, 0.6) is 0 Å². The van der Waals surface area contributed by atoms with Gasteiger partial charge in [-0.1, -0.05) is 30.4 Å². The molecule has 2 aliphatic rings. The van der Waals surface area contributed by atoms with Crippen molar-refractivity contribution >= 4 is 40.0 Å². The zero-order valence-electron chi connectivity index (χ0n) is 18.5. The number of rotatable bonds is 5. The summed E-state index contributed by atoms with van der Waals surface area (Å²) >= 11 is 0. The summed E-state index contributed by atoms with van der Waals surface area (Å²) in [5.74, 6) is 0.0227. The fraction of sp³-hybridized carbons (Fsp3) is 0.214. The molecule has 0 atom stereocenters. The molecule has 2 aromatic carbocycles. The van der Waals surface area contributed by atoms with E-state index in [2.05, 4.69) is 62.7 Å². The summed E-state index contributed by atoms with van der Waals surface area (Å²) < 4.78 is 0. The molecule has 1 aliphatic heterocycles. The van der Waals surface area contributed by atoms with E-state index in [4.69, 9.17) is 0 Å². The lowest BCUT2D eigenvalue weighted by Crippen LogP contribution is -2.29. The van der Waals surface area contributed by atoms with Crippen LogP contribution in [-0.2, 0) is 6.42 Å². The van der Waals surface area contributed by atoms with Gasteiger partial charge in [0.1, 0.15) is 5.65 Å². The third kappa shape index (κ3) is 3.69. The highest BCUT2D eigenvalue weighted by Gasteiger charge is 2.20. The van der Waals surface area contributed by atoms with Crippen LogP contribution in [-0.4, -0.2) is 28.8 Å². The third-order valence-electron chi connectivity index (χ3n) is 6.72. The lowest BCUT2D eigenvalue weighted by Gasteiger charge is -2.28. The SMILES string of the molecule is O=C(c1cccc2c1C=CC2)c1c[nH]c2ncc(Nc3ccc(N4CCCCC4)cc3)cc12. The second-order valence-corrected chi connectivity index (χ2v) is 8.86. The van der Waals surface area contributed by atoms with Gasteiger partial charge >= 0.3 is 0 Å². The third-order valence-corrected chi connectivity index (χ3v) is 6.72. The van der Waals surface area contributed by atoms with Gasteiger partial charge in [-0.25, -0.2) is 4.98 Å². The van der Waals surface area contributed by atoms with Crippen molar-refractivity contribution in [2.45, 2.75) is 25.7 Å². The average Bonchev–Trinajstić information content (AvgIpc) is 3.51. The second kappa shape index (κ2) is 8.24. The number of fused-ring (bicyclic) bond motifs is 2. The van der Waals surface area contributed by atoms with Crippen LogP contribution in [0.1, 0.15) is 46.3 Å². The van der Waals surface area contributed by atoms with Gasteiger partial charge in [0.05, 0.1) is 11.9 Å². The van der Waals surface area contributed by atoms with Gasteiger partial charge in [0.15, 0.2) is 5.78 Å². The maximum absolute atomic E-state index is 13.4. The first-order chi connectivity index (χ1) is 16.3. The number of hydrogen-bond donors (Lipinski definition) is 2. The number of pyridine rings is 1. The number of hydrogen-bond acceptors (Lipinski definition) is 4. The molecule has 0 amide bonds. The molecule has 2 aromatic heterocycles. The largest absolute Gasteiger partial charge is 0.372 e. The van der Waals surface area contributed by atoms with E-state index in [-0.39, 0.29) is 5.78 Å². The first-order valence-corrected chi connectivity index (χ1v) is 11.7. The summed E-state index contributed by atoms with van der Waals surface area (Å²) in [7, 11) is 0. The number of ketones is 1. The van der Waals surface area contributed by atoms with Crippen LogP contribution >= 0.6 is 0 Å². The van der Waals surface area contributed by atoms with Crippen LogP contribution in [0.3, 0.4) is 0 Å². The van der Waals surface area contributed by atoms with Gasteiger partial charge in [0.25, 0.3) is 0 Å². The molecule has 4 aromatic rings. The number of nitrogens with one attached hydrogen (secondary N) is 2.